The largest absolute Gasteiger partial charge is 0.504 e. The van der Waals surface area contributed by atoms with Gasteiger partial charge in [-0.15, -0.1) is 0 Å². The third-order valence-electron chi connectivity index (χ3n) is 5.62. The van der Waals surface area contributed by atoms with Crippen LogP contribution in [0.15, 0.2) is 23.8 Å². The minimum absolute atomic E-state index is 0.0703. The van der Waals surface area contributed by atoms with Gasteiger partial charge in [-0.05, 0) is 56.9 Å². The first-order valence-electron chi connectivity index (χ1n) is 10.3. The first kappa shape index (κ1) is 23.2. The van der Waals surface area contributed by atoms with Crippen LogP contribution in [0.2, 0.25) is 0 Å². The van der Waals surface area contributed by atoms with Crippen LogP contribution in [0.1, 0.15) is 45.1 Å². The smallest absolute Gasteiger partial charge is 0.247 e. The predicted molar refractivity (Wildman–Crippen MR) is 110 cm³/mol. The fourth-order valence-electron chi connectivity index (χ4n) is 3.78. The van der Waals surface area contributed by atoms with Gasteiger partial charge in [-0.1, -0.05) is 6.07 Å². The van der Waals surface area contributed by atoms with Gasteiger partial charge in [0.2, 0.25) is 12.2 Å². The molecule has 0 spiro atoms. The number of aliphatic hydroxyl groups excluding tert-OH is 3. The standard InChI is InChI=1S/C22H29NO8/c1-11(21(29)23-20-14(25)4-3-5-15(20)26)8-13-6-7-18(16(27)9-13)30-22-17(28)10-19(31-22)12(2)24/h6-9,14-15,17,19-20,22,25-28H,3-5,10H2,1-2H3,(H,23,29)/b11-8+/t14-,15+,17-,19-,20-,22+/m0/s1. The van der Waals surface area contributed by atoms with Crippen molar-refractivity contribution >= 4 is 17.8 Å². The molecular weight excluding hydrogens is 406 g/mol. The Labute approximate surface area is 180 Å². The first-order chi connectivity index (χ1) is 14.7. The third kappa shape index (κ3) is 5.62. The van der Waals surface area contributed by atoms with E-state index in [1.807, 2.05) is 0 Å². The third-order valence-corrected chi connectivity index (χ3v) is 5.62. The fraction of sp³-hybridized carbons (Fsp3) is 0.545. The number of carbonyl (C=O) groups is 2. The van der Waals surface area contributed by atoms with Crippen LogP contribution in [-0.2, 0) is 14.3 Å². The molecule has 1 amide bonds. The van der Waals surface area contributed by atoms with Crippen LogP contribution in [0.3, 0.4) is 0 Å². The lowest BCUT2D eigenvalue weighted by Gasteiger charge is -2.32. The predicted octanol–water partition coefficient (Wildman–Crippen LogP) is 0.630. The number of aliphatic hydroxyl groups is 3. The molecule has 170 valence electrons. The Morgan fingerprint density at radius 3 is 2.39 bits per heavy atom. The van der Waals surface area contributed by atoms with Crippen LogP contribution in [-0.4, -0.2) is 68.9 Å². The van der Waals surface area contributed by atoms with Crippen LogP contribution < -0.4 is 10.1 Å². The zero-order chi connectivity index (χ0) is 22.7. The van der Waals surface area contributed by atoms with Crippen molar-refractivity contribution in [3.8, 4) is 11.5 Å². The van der Waals surface area contributed by atoms with Crippen molar-refractivity contribution in [2.75, 3.05) is 0 Å². The van der Waals surface area contributed by atoms with Crippen molar-refractivity contribution in [2.45, 2.75) is 76.3 Å². The van der Waals surface area contributed by atoms with Gasteiger partial charge < -0.3 is 35.2 Å². The maximum Gasteiger partial charge on any atom is 0.247 e. The van der Waals surface area contributed by atoms with Crippen LogP contribution in [0.25, 0.3) is 6.08 Å². The molecule has 1 aromatic rings. The van der Waals surface area contributed by atoms with Gasteiger partial charge in [-0.25, -0.2) is 0 Å². The van der Waals surface area contributed by atoms with Crippen molar-refractivity contribution in [2.24, 2.45) is 0 Å². The quantitative estimate of drug-likeness (QED) is 0.409. The maximum atomic E-state index is 12.4. The second kappa shape index (κ2) is 9.78. The fourth-order valence-corrected chi connectivity index (χ4v) is 3.78. The molecule has 0 bridgehead atoms. The highest BCUT2D eigenvalue weighted by Gasteiger charge is 2.38. The Kier molecular flexibility index (Phi) is 7.32. The number of carbonyl (C=O) groups excluding carboxylic acids is 2. The number of hydrogen-bond donors (Lipinski definition) is 5. The summed E-state index contributed by atoms with van der Waals surface area (Å²) >= 11 is 0. The lowest BCUT2D eigenvalue weighted by molar-refractivity contribution is -0.140. The van der Waals surface area contributed by atoms with Crippen molar-refractivity contribution in [1.82, 2.24) is 5.32 Å². The van der Waals surface area contributed by atoms with Gasteiger partial charge in [0.05, 0.1) is 18.2 Å². The van der Waals surface area contributed by atoms with E-state index in [4.69, 9.17) is 9.47 Å². The Morgan fingerprint density at radius 1 is 1.13 bits per heavy atom. The van der Waals surface area contributed by atoms with Crippen molar-refractivity contribution in [1.29, 1.82) is 0 Å². The van der Waals surface area contributed by atoms with Gasteiger partial charge in [0.25, 0.3) is 0 Å². The maximum absolute atomic E-state index is 12.4. The molecule has 1 aliphatic heterocycles. The van der Waals surface area contributed by atoms with Crippen LogP contribution >= 0.6 is 0 Å². The monoisotopic (exact) mass is 435 g/mol. The van der Waals surface area contributed by atoms with E-state index in [1.165, 1.54) is 19.1 Å². The number of phenolic OH excluding ortho intramolecular Hbond substituents is 1. The number of Topliss-reactive ketones (excluding diaryl/α,β-unsaturated/α-hetero) is 1. The summed E-state index contributed by atoms with van der Waals surface area (Å²) in [7, 11) is 0. The van der Waals surface area contributed by atoms with Gasteiger partial charge >= 0.3 is 0 Å². The Morgan fingerprint density at radius 2 is 1.81 bits per heavy atom. The second-order valence-electron chi connectivity index (χ2n) is 8.14. The molecule has 0 unspecified atom stereocenters. The van der Waals surface area contributed by atoms with E-state index in [9.17, 15) is 30.0 Å². The number of amides is 1. The summed E-state index contributed by atoms with van der Waals surface area (Å²) in [5, 5.41) is 43.0. The molecule has 1 aromatic carbocycles. The Balaban J connectivity index is 1.64. The van der Waals surface area contributed by atoms with Gasteiger partial charge in [-0.2, -0.15) is 0 Å². The molecule has 1 saturated heterocycles. The number of benzene rings is 1. The minimum atomic E-state index is -1.07. The van der Waals surface area contributed by atoms with E-state index in [2.05, 4.69) is 5.32 Å². The van der Waals surface area contributed by atoms with Crippen molar-refractivity contribution < 1.29 is 39.5 Å². The highest BCUT2D eigenvalue weighted by atomic mass is 16.7. The molecule has 2 aliphatic rings. The summed E-state index contributed by atoms with van der Waals surface area (Å²) in [6.45, 7) is 2.95. The van der Waals surface area contributed by atoms with Crippen molar-refractivity contribution in [3.63, 3.8) is 0 Å². The van der Waals surface area contributed by atoms with E-state index < -0.39 is 42.7 Å². The van der Waals surface area contributed by atoms with E-state index >= 15 is 0 Å². The van der Waals surface area contributed by atoms with Gasteiger partial charge in [0.15, 0.2) is 17.3 Å². The molecule has 9 heteroatoms. The lowest BCUT2D eigenvalue weighted by Crippen LogP contribution is -2.53. The molecule has 1 aliphatic carbocycles. The molecule has 1 saturated carbocycles. The number of ether oxygens (including phenoxy) is 2. The summed E-state index contributed by atoms with van der Waals surface area (Å²) in [6, 6.07) is 3.75. The zero-order valence-corrected chi connectivity index (χ0v) is 17.5. The molecule has 0 aromatic heterocycles. The SMILES string of the molecule is CC(=O)[C@@H]1C[C@H](O)[C@H](Oc2ccc(/C=C(\C)C(=O)N[C@@H]3[C@H](O)CCC[C@@H]3O)cc2O)O1. The van der Waals surface area contributed by atoms with Crippen molar-refractivity contribution in [3.05, 3.63) is 29.3 Å². The Bertz CT molecular complexity index is 844. The summed E-state index contributed by atoms with van der Waals surface area (Å²) in [5.74, 6) is -0.789. The van der Waals surface area contributed by atoms with Gasteiger partial charge in [0.1, 0.15) is 12.2 Å². The minimum Gasteiger partial charge on any atom is -0.504 e. The van der Waals surface area contributed by atoms with E-state index in [1.54, 1.807) is 19.1 Å². The van der Waals surface area contributed by atoms with Gasteiger partial charge in [0, 0.05) is 12.0 Å². The number of ketones is 1. The average Bonchev–Trinajstić information content (AvgIpc) is 3.07. The number of rotatable bonds is 6. The average molecular weight is 435 g/mol. The molecule has 6 atom stereocenters. The molecule has 1 heterocycles. The molecular formula is C22H29NO8. The summed E-state index contributed by atoms with van der Waals surface area (Å²) in [4.78, 5) is 23.9. The lowest BCUT2D eigenvalue weighted by atomic mass is 9.89. The Hall–Kier alpha value is -2.46. The van der Waals surface area contributed by atoms with Crippen LogP contribution in [0.4, 0.5) is 0 Å². The van der Waals surface area contributed by atoms with Crippen LogP contribution in [0.5, 0.6) is 11.5 Å². The molecule has 0 radical (unpaired) electrons. The van der Waals surface area contributed by atoms with Crippen LogP contribution in [0, 0.1) is 0 Å². The molecule has 3 rings (SSSR count). The summed E-state index contributed by atoms with van der Waals surface area (Å²) < 4.78 is 10.9. The number of aromatic hydroxyl groups is 1. The molecule has 2 fully saturated rings. The molecule has 9 nitrogen and oxygen atoms in total. The van der Waals surface area contributed by atoms with Gasteiger partial charge in [-0.3, -0.25) is 9.59 Å². The second-order valence-corrected chi connectivity index (χ2v) is 8.14. The summed E-state index contributed by atoms with van der Waals surface area (Å²) in [5.41, 5.74) is 0.855. The van der Waals surface area contributed by atoms with E-state index in [0.29, 0.717) is 30.4 Å². The number of hydrogen-bond acceptors (Lipinski definition) is 8. The molecule has 5 N–H and O–H groups in total. The highest BCUT2D eigenvalue weighted by Crippen LogP contribution is 2.32. The van der Waals surface area contributed by atoms with E-state index in [0.717, 1.165) is 0 Å². The first-order valence-corrected chi connectivity index (χ1v) is 10.3. The topological polar surface area (TPSA) is 146 Å². The highest BCUT2D eigenvalue weighted by molar-refractivity contribution is 5.97. The number of nitrogens with one attached hydrogen (secondary N) is 1. The summed E-state index contributed by atoms with van der Waals surface area (Å²) in [6.07, 6.45) is -0.978. The number of phenols is 1. The molecule has 31 heavy (non-hydrogen) atoms. The zero-order valence-electron chi connectivity index (χ0n) is 17.5. The van der Waals surface area contributed by atoms with E-state index in [-0.39, 0.29) is 23.7 Å². The normalized spacial score (nSPS) is 31.3.